The molecule has 0 atom stereocenters. The van der Waals surface area contributed by atoms with Crippen LogP contribution in [-0.2, 0) is 0 Å². The topological polar surface area (TPSA) is 35.1 Å². The van der Waals surface area contributed by atoms with Crippen LogP contribution in [0.4, 0.5) is 0 Å². The highest BCUT2D eigenvalue weighted by molar-refractivity contribution is 7.99. The molecule has 0 spiro atoms. The average Bonchev–Trinajstić information content (AvgIpc) is 3.83. The molecule has 3 heterocycles. The summed E-state index contributed by atoms with van der Waals surface area (Å²) in [6.07, 6.45) is 2.10. The highest BCUT2D eigenvalue weighted by Gasteiger charge is 2.24. The average molecular weight is 763 g/mol. The quantitative estimate of drug-likeness (QED) is 0.137. The zero-order chi connectivity index (χ0) is 39.5. The first-order valence-corrected chi connectivity index (χ1v) is 21.3. The van der Waals surface area contributed by atoms with Crippen LogP contribution in [0.25, 0.3) is 66.7 Å². The van der Waals surface area contributed by atoms with E-state index in [1.807, 2.05) is 0 Å². The number of aromatic nitrogens is 4. The summed E-state index contributed by atoms with van der Waals surface area (Å²) in [5.74, 6) is 2.45. The fourth-order valence-corrected chi connectivity index (χ4v) is 9.68. The van der Waals surface area contributed by atoms with Crippen LogP contribution in [-0.4, -0.2) is 18.9 Å². The number of rotatable bonds is 9. The number of para-hydroxylation sites is 4. The van der Waals surface area contributed by atoms with E-state index in [0.717, 1.165) is 39.1 Å². The van der Waals surface area contributed by atoms with Crippen molar-refractivity contribution in [2.75, 3.05) is 0 Å². The Morgan fingerprint density at radius 3 is 1.79 bits per heavy atom. The van der Waals surface area contributed by atoms with Crippen molar-refractivity contribution in [2.24, 2.45) is 0 Å². The molecule has 0 fully saturated rings. The SMILES string of the molecule is CC(C)c1cccc(C(C)C)c1-c1cnc2c3cc(Sc4cccc(-c5nc6ccccc6n5-c5c(C(C)C)cccc5C(C)C)c4)ccc3c3ccccc3n12. The van der Waals surface area contributed by atoms with Crippen molar-refractivity contribution in [3.8, 4) is 28.3 Å². The summed E-state index contributed by atoms with van der Waals surface area (Å²) in [7, 11) is 0. The molecule has 9 rings (SSSR count). The molecule has 0 amide bonds. The minimum atomic E-state index is 0.361. The van der Waals surface area contributed by atoms with Gasteiger partial charge in [0.2, 0.25) is 0 Å². The molecule has 4 nitrogen and oxygen atoms in total. The number of pyridine rings is 1. The Kier molecular flexibility index (Phi) is 9.53. The highest BCUT2D eigenvalue weighted by Crippen LogP contribution is 2.42. The van der Waals surface area contributed by atoms with Crippen LogP contribution in [0, 0.1) is 0 Å². The van der Waals surface area contributed by atoms with E-state index in [4.69, 9.17) is 9.97 Å². The minimum Gasteiger partial charge on any atom is -0.292 e. The predicted molar refractivity (Wildman–Crippen MR) is 243 cm³/mol. The molecule has 0 aliphatic heterocycles. The Labute approximate surface area is 340 Å². The molecule has 3 aromatic heterocycles. The first-order chi connectivity index (χ1) is 27.6. The van der Waals surface area contributed by atoms with Gasteiger partial charge in [0.05, 0.1) is 34.1 Å². The van der Waals surface area contributed by atoms with Gasteiger partial charge in [-0.15, -0.1) is 0 Å². The van der Waals surface area contributed by atoms with Gasteiger partial charge in [0.1, 0.15) is 11.5 Å². The van der Waals surface area contributed by atoms with Crippen LogP contribution in [0.15, 0.2) is 143 Å². The van der Waals surface area contributed by atoms with Crippen LogP contribution >= 0.6 is 11.8 Å². The second-order valence-corrected chi connectivity index (χ2v) is 17.8. The summed E-state index contributed by atoms with van der Waals surface area (Å²) in [4.78, 5) is 12.9. The lowest BCUT2D eigenvalue weighted by atomic mass is 9.87. The number of nitrogens with zero attached hydrogens (tertiary/aromatic N) is 4. The normalized spacial score (nSPS) is 12.2. The van der Waals surface area contributed by atoms with Crippen molar-refractivity contribution < 1.29 is 0 Å². The van der Waals surface area contributed by atoms with E-state index in [2.05, 4.69) is 198 Å². The minimum absolute atomic E-state index is 0.361. The van der Waals surface area contributed by atoms with Gasteiger partial charge in [0.15, 0.2) is 0 Å². The van der Waals surface area contributed by atoms with Crippen molar-refractivity contribution in [1.82, 2.24) is 18.9 Å². The van der Waals surface area contributed by atoms with Gasteiger partial charge in [-0.05, 0) is 93.8 Å². The maximum Gasteiger partial charge on any atom is 0.145 e. The molecular formula is C52H50N4S. The lowest BCUT2D eigenvalue weighted by molar-refractivity contribution is 0.811. The lowest BCUT2D eigenvalue weighted by Gasteiger charge is -2.22. The number of hydrogen-bond acceptors (Lipinski definition) is 3. The summed E-state index contributed by atoms with van der Waals surface area (Å²) in [6, 6.07) is 46.7. The van der Waals surface area contributed by atoms with E-state index in [1.165, 1.54) is 59.6 Å². The van der Waals surface area contributed by atoms with Crippen molar-refractivity contribution in [1.29, 1.82) is 0 Å². The Morgan fingerprint density at radius 1 is 0.509 bits per heavy atom. The van der Waals surface area contributed by atoms with E-state index in [1.54, 1.807) is 11.8 Å². The van der Waals surface area contributed by atoms with Crippen molar-refractivity contribution >= 4 is 50.1 Å². The van der Waals surface area contributed by atoms with E-state index < -0.39 is 0 Å². The lowest BCUT2D eigenvalue weighted by Crippen LogP contribution is -2.08. The van der Waals surface area contributed by atoms with Crippen LogP contribution in [0.2, 0.25) is 0 Å². The zero-order valence-electron chi connectivity index (χ0n) is 34.2. The summed E-state index contributed by atoms with van der Waals surface area (Å²) in [5.41, 5.74) is 14.5. The van der Waals surface area contributed by atoms with Crippen LogP contribution in [0.1, 0.15) is 101 Å². The summed E-state index contributed by atoms with van der Waals surface area (Å²) in [6.45, 7) is 18.3. The van der Waals surface area contributed by atoms with Crippen molar-refractivity contribution in [3.63, 3.8) is 0 Å². The second-order valence-electron chi connectivity index (χ2n) is 16.6. The molecule has 6 aromatic carbocycles. The smallest absolute Gasteiger partial charge is 0.145 e. The molecule has 0 aliphatic rings. The van der Waals surface area contributed by atoms with Gasteiger partial charge in [-0.1, -0.05) is 152 Å². The van der Waals surface area contributed by atoms with Gasteiger partial charge in [-0.3, -0.25) is 8.97 Å². The Hall–Kier alpha value is -5.65. The predicted octanol–water partition coefficient (Wildman–Crippen LogP) is 15.0. The zero-order valence-corrected chi connectivity index (χ0v) is 35.0. The summed E-state index contributed by atoms with van der Waals surface area (Å²) < 4.78 is 4.82. The molecular weight excluding hydrogens is 713 g/mol. The monoisotopic (exact) mass is 762 g/mol. The maximum atomic E-state index is 5.32. The third-order valence-electron chi connectivity index (χ3n) is 11.5. The molecule has 0 aliphatic carbocycles. The highest BCUT2D eigenvalue weighted by atomic mass is 32.2. The number of hydrogen-bond donors (Lipinski definition) is 0. The molecule has 284 valence electrons. The van der Waals surface area contributed by atoms with Crippen molar-refractivity contribution in [3.05, 3.63) is 156 Å². The van der Waals surface area contributed by atoms with Crippen molar-refractivity contribution in [2.45, 2.75) is 88.9 Å². The molecule has 57 heavy (non-hydrogen) atoms. The fraction of sp³-hybridized carbons (Fsp3) is 0.231. The molecule has 0 N–H and O–H groups in total. The Balaban J connectivity index is 1.19. The summed E-state index contributed by atoms with van der Waals surface area (Å²) >= 11 is 1.79. The molecule has 0 bridgehead atoms. The largest absolute Gasteiger partial charge is 0.292 e. The Morgan fingerprint density at radius 2 is 1.11 bits per heavy atom. The van der Waals surface area contributed by atoms with E-state index in [0.29, 0.717) is 23.7 Å². The molecule has 0 saturated heterocycles. The van der Waals surface area contributed by atoms with Gasteiger partial charge in [-0.2, -0.15) is 0 Å². The van der Waals surface area contributed by atoms with Gasteiger partial charge in [0, 0.05) is 31.7 Å². The molecule has 9 aromatic rings. The van der Waals surface area contributed by atoms with Crippen LogP contribution in [0.5, 0.6) is 0 Å². The third-order valence-corrected chi connectivity index (χ3v) is 12.5. The van der Waals surface area contributed by atoms with Gasteiger partial charge >= 0.3 is 0 Å². The molecule has 0 saturated carbocycles. The number of imidazole rings is 2. The fourth-order valence-electron chi connectivity index (χ4n) is 8.76. The van der Waals surface area contributed by atoms with E-state index in [9.17, 15) is 0 Å². The van der Waals surface area contributed by atoms with Crippen LogP contribution < -0.4 is 0 Å². The third kappa shape index (κ3) is 6.33. The first kappa shape index (κ1) is 37.0. The second kappa shape index (κ2) is 14.7. The van der Waals surface area contributed by atoms with Gasteiger partial charge < -0.3 is 0 Å². The first-order valence-electron chi connectivity index (χ1n) is 20.4. The number of fused-ring (bicyclic) bond motifs is 7. The number of benzene rings is 6. The molecule has 0 radical (unpaired) electrons. The standard InChI is InChI=1S/C52H50N4S/c1-31(2)38-19-14-20-39(32(3)4)49(38)48-30-53-52-44-29-37(26-27-42(44)43-18-9-11-24-46(43)55(48)52)57-36-17-13-16-35(28-36)51-54-45-23-10-12-25-47(45)56(51)50-40(33(5)6)21-15-22-41(50)34(7)8/h9-34H,1-8H3. The van der Waals surface area contributed by atoms with Gasteiger partial charge in [0.25, 0.3) is 0 Å². The molecule has 0 unspecified atom stereocenters. The van der Waals surface area contributed by atoms with Gasteiger partial charge in [-0.25, -0.2) is 9.97 Å². The molecule has 5 heteroatoms. The van der Waals surface area contributed by atoms with Crippen LogP contribution in [0.3, 0.4) is 0 Å². The Bertz CT molecular complexity index is 2910. The summed E-state index contributed by atoms with van der Waals surface area (Å²) in [5, 5.41) is 3.60. The van der Waals surface area contributed by atoms with E-state index in [-0.39, 0.29) is 0 Å². The van der Waals surface area contributed by atoms with E-state index >= 15 is 0 Å². The maximum absolute atomic E-state index is 5.32.